The molecule has 1 aliphatic rings. The first-order valence-corrected chi connectivity index (χ1v) is 8.41. The van der Waals surface area contributed by atoms with Crippen LogP contribution in [-0.4, -0.2) is 25.8 Å². The van der Waals surface area contributed by atoms with E-state index in [2.05, 4.69) is 26.2 Å². The highest BCUT2D eigenvalue weighted by atomic mass is 16.5. The molecule has 2 nitrogen and oxygen atoms in total. The van der Waals surface area contributed by atoms with E-state index in [1.807, 2.05) is 7.11 Å². The molecule has 0 aromatic heterocycles. The van der Waals surface area contributed by atoms with Gasteiger partial charge in [0.2, 0.25) is 0 Å². The molecule has 114 valence electrons. The van der Waals surface area contributed by atoms with Crippen molar-refractivity contribution in [3.05, 3.63) is 0 Å². The van der Waals surface area contributed by atoms with Gasteiger partial charge in [-0.1, -0.05) is 58.8 Å². The topological polar surface area (TPSA) is 21.3 Å². The Hall–Kier alpha value is -0.0800. The van der Waals surface area contributed by atoms with Gasteiger partial charge in [0.1, 0.15) is 0 Å². The van der Waals surface area contributed by atoms with E-state index < -0.39 is 0 Å². The average molecular weight is 269 g/mol. The maximum atomic E-state index is 6.02. The van der Waals surface area contributed by atoms with Gasteiger partial charge in [-0.15, -0.1) is 0 Å². The zero-order chi connectivity index (χ0) is 14.1. The van der Waals surface area contributed by atoms with Crippen LogP contribution >= 0.6 is 0 Å². The number of hydrogen-bond donors (Lipinski definition) is 1. The lowest BCUT2D eigenvalue weighted by Gasteiger charge is -2.44. The fourth-order valence-electron chi connectivity index (χ4n) is 3.81. The van der Waals surface area contributed by atoms with E-state index in [4.69, 9.17) is 4.74 Å². The average Bonchev–Trinajstić information content (AvgIpc) is 2.42. The van der Waals surface area contributed by atoms with Crippen molar-refractivity contribution >= 4 is 0 Å². The van der Waals surface area contributed by atoms with Gasteiger partial charge in [-0.25, -0.2) is 0 Å². The minimum absolute atomic E-state index is 0.0944. The van der Waals surface area contributed by atoms with E-state index in [0.29, 0.717) is 6.04 Å². The SMILES string of the molecule is CCCCCCCC(NC)C1(OC)CCCC(C)C1. The first kappa shape index (κ1) is 17.0. The lowest BCUT2D eigenvalue weighted by Crippen LogP contribution is -2.53. The standard InChI is InChI=1S/C17H35NO/c1-5-6-7-8-9-12-16(18-3)17(19-4)13-10-11-15(2)14-17/h15-16,18H,5-14H2,1-4H3. The van der Waals surface area contributed by atoms with Crippen molar-refractivity contribution in [3.63, 3.8) is 0 Å². The first-order chi connectivity index (χ1) is 9.18. The molecule has 2 heteroatoms. The van der Waals surface area contributed by atoms with E-state index in [-0.39, 0.29) is 5.60 Å². The van der Waals surface area contributed by atoms with E-state index in [9.17, 15) is 0 Å². The van der Waals surface area contributed by atoms with Gasteiger partial charge in [0.05, 0.1) is 5.60 Å². The Bertz CT molecular complexity index is 231. The van der Waals surface area contributed by atoms with Gasteiger partial charge in [-0.3, -0.25) is 0 Å². The third-order valence-corrected chi connectivity index (χ3v) is 4.98. The molecule has 0 spiro atoms. The van der Waals surface area contributed by atoms with Crippen molar-refractivity contribution in [2.75, 3.05) is 14.2 Å². The Morgan fingerprint density at radius 1 is 1.26 bits per heavy atom. The summed E-state index contributed by atoms with van der Waals surface area (Å²) in [5.74, 6) is 0.810. The third kappa shape index (κ3) is 5.07. The van der Waals surface area contributed by atoms with Crippen molar-refractivity contribution in [2.24, 2.45) is 5.92 Å². The molecule has 1 N–H and O–H groups in total. The number of likely N-dealkylation sites (N-methyl/N-ethyl adjacent to an activating group) is 1. The van der Waals surface area contributed by atoms with E-state index in [1.54, 1.807) is 0 Å². The maximum Gasteiger partial charge on any atom is 0.0833 e. The lowest BCUT2D eigenvalue weighted by atomic mass is 9.73. The Morgan fingerprint density at radius 2 is 2.00 bits per heavy atom. The number of unbranched alkanes of at least 4 members (excludes halogenated alkanes) is 4. The molecule has 0 heterocycles. The molecular weight excluding hydrogens is 234 g/mol. The van der Waals surface area contributed by atoms with Gasteiger partial charge in [0, 0.05) is 13.2 Å². The highest BCUT2D eigenvalue weighted by molar-refractivity contribution is 4.96. The van der Waals surface area contributed by atoms with Crippen molar-refractivity contribution < 1.29 is 4.74 Å². The van der Waals surface area contributed by atoms with Gasteiger partial charge < -0.3 is 10.1 Å². The normalized spacial score (nSPS) is 29.4. The molecule has 3 unspecified atom stereocenters. The van der Waals surface area contributed by atoms with E-state index in [1.165, 1.54) is 64.2 Å². The van der Waals surface area contributed by atoms with Gasteiger partial charge in [-0.2, -0.15) is 0 Å². The molecule has 0 aromatic rings. The van der Waals surface area contributed by atoms with Crippen LogP contribution in [-0.2, 0) is 4.74 Å². The van der Waals surface area contributed by atoms with E-state index in [0.717, 1.165) is 5.92 Å². The van der Waals surface area contributed by atoms with Crippen molar-refractivity contribution in [3.8, 4) is 0 Å². The van der Waals surface area contributed by atoms with Gasteiger partial charge in [0.25, 0.3) is 0 Å². The molecule has 0 aliphatic heterocycles. The van der Waals surface area contributed by atoms with Crippen molar-refractivity contribution in [2.45, 2.75) is 89.7 Å². The fourth-order valence-corrected chi connectivity index (χ4v) is 3.81. The number of methoxy groups -OCH3 is 1. The molecule has 1 fully saturated rings. The molecule has 1 aliphatic carbocycles. The van der Waals surface area contributed by atoms with Crippen molar-refractivity contribution in [1.29, 1.82) is 0 Å². The van der Waals surface area contributed by atoms with Crippen LogP contribution in [0.25, 0.3) is 0 Å². The molecule has 0 saturated heterocycles. The zero-order valence-electron chi connectivity index (χ0n) is 13.6. The summed E-state index contributed by atoms with van der Waals surface area (Å²) < 4.78 is 6.02. The predicted octanol–water partition coefficient (Wildman–Crippen LogP) is 4.53. The fraction of sp³-hybridized carbons (Fsp3) is 1.00. The van der Waals surface area contributed by atoms with Gasteiger partial charge in [0.15, 0.2) is 0 Å². The van der Waals surface area contributed by atoms with Crippen LogP contribution in [0.2, 0.25) is 0 Å². The quantitative estimate of drug-likeness (QED) is 0.621. The minimum Gasteiger partial charge on any atom is -0.377 e. The Balaban J connectivity index is 2.45. The van der Waals surface area contributed by atoms with E-state index >= 15 is 0 Å². The monoisotopic (exact) mass is 269 g/mol. The minimum atomic E-state index is 0.0944. The second-order valence-electron chi connectivity index (χ2n) is 6.51. The number of nitrogens with one attached hydrogen (secondary N) is 1. The van der Waals surface area contributed by atoms with Crippen LogP contribution in [0.5, 0.6) is 0 Å². The smallest absolute Gasteiger partial charge is 0.0833 e. The largest absolute Gasteiger partial charge is 0.377 e. The Kier molecular flexibility index (Phi) is 8.01. The van der Waals surface area contributed by atoms with Crippen LogP contribution in [0.3, 0.4) is 0 Å². The summed E-state index contributed by atoms with van der Waals surface area (Å²) in [5, 5.41) is 3.55. The molecule has 1 saturated carbocycles. The summed E-state index contributed by atoms with van der Waals surface area (Å²) in [6.07, 6.45) is 13.2. The second kappa shape index (κ2) is 8.97. The van der Waals surface area contributed by atoms with Gasteiger partial charge in [-0.05, 0) is 32.2 Å². The van der Waals surface area contributed by atoms with Crippen LogP contribution in [0.4, 0.5) is 0 Å². The van der Waals surface area contributed by atoms with Gasteiger partial charge >= 0.3 is 0 Å². The summed E-state index contributed by atoms with van der Waals surface area (Å²) in [6, 6.07) is 0.530. The molecule has 3 atom stereocenters. The Morgan fingerprint density at radius 3 is 2.58 bits per heavy atom. The third-order valence-electron chi connectivity index (χ3n) is 4.98. The number of ether oxygens (including phenoxy) is 1. The van der Waals surface area contributed by atoms with Crippen molar-refractivity contribution in [1.82, 2.24) is 5.32 Å². The van der Waals surface area contributed by atoms with Crippen LogP contribution in [0.15, 0.2) is 0 Å². The molecular formula is C17H35NO. The summed E-state index contributed by atoms with van der Waals surface area (Å²) in [5.41, 5.74) is 0.0944. The highest BCUT2D eigenvalue weighted by Gasteiger charge is 2.40. The summed E-state index contributed by atoms with van der Waals surface area (Å²) in [4.78, 5) is 0. The summed E-state index contributed by atoms with van der Waals surface area (Å²) in [7, 11) is 4.02. The molecule has 0 radical (unpaired) electrons. The number of rotatable bonds is 9. The van der Waals surface area contributed by atoms with Crippen LogP contribution < -0.4 is 5.32 Å². The molecule has 0 bridgehead atoms. The molecule has 1 rings (SSSR count). The molecule has 0 amide bonds. The predicted molar refractivity (Wildman–Crippen MR) is 83.6 cm³/mol. The summed E-state index contributed by atoms with van der Waals surface area (Å²) >= 11 is 0. The maximum absolute atomic E-state index is 6.02. The number of hydrogen-bond acceptors (Lipinski definition) is 2. The summed E-state index contributed by atoms with van der Waals surface area (Å²) in [6.45, 7) is 4.65. The second-order valence-corrected chi connectivity index (χ2v) is 6.51. The molecule has 0 aromatic carbocycles. The Labute approximate surface area is 120 Å². The lowest BCUT2D eigenvalue weighted by molar-refractivity contribution is -0.0798. The zero-order valence-corrected chi connectivity index (χ0v) is 13.6. The first-order valence-electron chi connectivity index (χ1n) is 8.41. The highest BCUT2D eigenvalue weighted by Crippen LogP contribution is 2.38. The molecule has 19 heavy (non-hydrogen) atoms. The van der Waals surface area contributed by atoms with Crippen LogP contribution in [0.1, 0.15) is 78.1 Å². The van der Waals surface area contributed by atoms with Crippen LogP contribution in [0, 0.1) is 5.92 Å².